The molecule has 0 saturated carbocycles. The predicted octanol–water partition coefficient (Wildman–Crippen LogP) is 4.00. The van der Waals surface area contributed by atoms with Crippen LogP contribution < -0.4 is 9.47 Å². The monoisotopic (exact) mass is 262 g/mol. The summed E-state index contributed by atoms with van der Waals surface area (Å²) in [6.07, 6.45) is 0. The van der Waals surface area contributed by atoms with Crippen molar-refractivity contribution in [1.82, 2.24) is 0 Å². The van der Waals surface area contributed by atoms with Gasteiger partial charge in [-0.3, -0.25) is 0 Å². The zero-order valence-electron chi connectivity index (χ0n) is 9.51. The van der Waals surface area contributed by atoms with Crippen LogP contribution in [0, 0.1) is 0 Å². The van der Waals surface area contributed by atoms with Gasteiger partial charge in [-0.2, -0.15) is 0 Å². The first-order valence-corrected chi connectivity index (χ1v) is 5.76. The average Bonchev–Trinajstić information content (AvgIpc) is 2.38. The molecule has 0 radical (unpaired) electrons. The van der Waals surface area contributed by atoms with Crippen LogP contribution in [-0.4, -0.2) is 5.43 Å². The smallest absolute Gasteiger partial charge is 0.409 e. The SMILES string of the molecule is O=C(Cl)Oc1ccc(OCc2ccccc2)cc1. The van der Waals surface area contributed by atoms with E-state index in [0.29, 0.717) is 18.1 Å². The maximum Gasteiger partial charge on any atom is 0.409 e. The number of carbonyl (C=O) groups excluding carboxylic acids is 1. The fourth-order valence-corrected chi connectivity index (χ4v) is 1.53. The minimum absolute atomic E-state index is 0.391. The molecule has 2 aromatic carbocycles. The van der Waals surface area contributed by atoms with E-state index in [-0.39, 0.29) is 0 Å². The van der Waals surface area contributed by atoms with Crippen LogP contribution >= 0.6 is 11.6 Å². The van der Waals surface area contributed by atoms with E-state index in [0.717, 1.165) is 5.56 Å². The summed E-state index contributed by atoms with van der Waals surface area (Å²) in [7, 11) is 0. The summed E-state index contributed by atoms with van der Waals surface area (Å²) < 4.78 is 10.3. The normalized spacial score (nSPS) is 9.83. The van der Waals surface area contributed by atoms with Gasteiger partial charge in [0, 0.05) is 11.6 Å². The molecular formula is C14H11ClO3. The van der Waals surface area contributed by atoms with Crippen LogP contribution in [0.4, 0.5) is 4.79 Å². The van der Waals surface area contributed by atoms with E-state index in [1.54, 1.807) is 24.3 Å². The molecule has 0 heterocycles. The number of benzene rings is 2. The molecule has 0 aromatic heterocycles. The molecule has 18 heavy (non-hydrogen) atoms. The molecule has 0 aliphatic carbocycles. The van der Waals surface area contributed by atoms with Crippen molar-refractivity contribution in [1.29, 1.82) is 0 Å². The molecule has 3 nitrogen and oxygen atoms in total. The third kappa shape index (κ3) is 3.79. The molecule has 0 unspecified atom stereocenters. The van der Waals surface area contributed by atoms with Crippen LogP contribution in [0.25, 0.3) is 0 Å². The zero-order valence-corrected chi connectivity index (χ0v) is 10.3. The van der Waals surface area contributed by atoms with Gasteiger partial charge in [0.15, 0.2) is 0 Å². The Bertz CT molecular complexity index is 508. The van der Waals surface area contributed by atoms with Gasteiger partial charge in [-0.1, -0.05) is 30.3 Å². The summed E-state index contributed by atoms with van der Waals surface area (Å²) in [6, 6.07) is 16.5. The molecule has 0 atom stereocenters. The number of hydrogen-bond acceptors (Lipinski definition) is 3. The van der Waals surface area contributed by atoms with Gasteiger partial charge in [0.05, 0.1) is 0 Å². The molecule has 0 saturated heterocycles. The highest BCUT2D eigenvalue weighted by Gasteiger charge is 2.00. The Morgan fingerprint density at radius 3 is 2.17 bits per heavy atom. The summed E-state index contributed by atoms with van der Waals surface area (Å²) in [5.74, 6) is 1.09. The molecule has 0 aliphatic rings. The highest BCUT2D eigenvalue weighted by molar-refractivity contribution is 6.61. The molecule has 4 heteroatoms. The predicted molar refractivity (Wildman–Crippen MR) is 69.1 cm³/mol. The lowest BCUT2D eigenvalue weighted by molar-refractivity contribution is 0.225. The van der Waals surface area contributed by atoms with Crippen LogP contribution in [-0.2, 0) is 6.61 Å². The zero-order chi connectivity index (χ0) is 12.8. The molecule has 2 aromatic rings. The van der Waals surface area contributed by atoms with Crippen molar-refractivity contribution in [3.05, 3.63) is 60.2 Å². The van der Waals surface area contributed by atoms with Crippen LogP contribution in [0.5, 0.6) is 11.5 Å². The second-order valence-corrected chi connectivity index (χ2v) is 3.89. The van der Waals surface area contributed by atoms with Gasteiger partial charge in [0.1, 0.15) is 18.1 Å². The lowest BCUT2D eigenvalue weighted by Crippen LogP contribution is -1.97. The molecule has 0 amide bonds. The molecule has 0 spiro atoms. The van der Waals surface area contributed by atoms with Crippen LogP contribution in [0.15, 0.2) is 54.6 Å². The Kier molecular flexibility index (Phi) is 4.20. The quantitative estimate of drug-likeness (QED) is 0.781. The fourth-order valence-electron chi connectivity index (χ4n) is 1.44. The highest BCUT2D eigenvalue weighted by atomic mass is 35.5. The van der Waals surface area contributed by atoms with E-state index >= 15 is 0 Å². The summed E-state index contributed by atoms with van der Waals surface area (Å²) >= 11 is 5.10. The van der Waals surface area contributed by atoms with Crippen LogP contribution in [0.2, 0.25) is 0 Å². The maximum absolute atomic E-state index is 10.5. The van der Waals surface area contributed by atoms with Crippen molar-refractivity contribution in [3.63, 3.8) is 0 Å². The minimum Gasteiger partial charge on any atom is -0.489 e. The Morgan fingerprint density at radius 1 is 0.944 bits per heavy atom. The number of hydrogen-bond donors (Lipinski definition) is 0. The standard InChI is InChI=1S/C14H11ClO3/c15-14(16)18-13-8-6-12(7-9-13)17-10-11-4-2-1-3-5-11/h1-9H,10H2. The van der Waals surface area contributed by atoms with Crippen molar-refractivity contribution in [3.8, 4) is 11.5 Å². The summed E-state index contributed by atoms with van der Waals surface area (Å²) in [4.78, 5) is 10.5. The van der Waals surface area contributed by atoms with Gasteiger partial charge in [-0.25, -0.2) is 4.79 Å². The highest BCUT2D eigenvalue weighted by Crippen LogP contribution is 2.19. The third-order valence-corrected chi connectivity index (χ3v) is 2.35. The van der Waals surface area contributed by atoms with Crippen molar-refractivity contribution in [2.75, 3.05) is 0 Å². The van der Waals surface area contributed by atoms with Crippen molar-refractivity contribution in [2.24, 2.45) is 0 Å². The van der Waals surface area contributed by atoms with Crippen LogP contribution in [0.3, 0.4) is 0 Å². The number of rotatable bonds is 4. The van der Waals surface area contributed by atoms with E-state index in [2.05, 4.69) is 0 Å². The molecule has 92 valence electrons. The van der Waals surface area contributed by atoms with E-state index in [4.69, 9.17) is 21.1 Å². The largest absolute Gasteiger partial charge is 0.489 e. The van der Waals surface area contributed by atoms with E-state index in [1.165, 1.54) is 0 Å². The van der Waals surface area contributed by atoms with E-state index in [1.807, 2.05) is 30.3 Å². The molecule has 0 N–H and O–H groups in total. The molecule has 0 fully saturated rings. The summed E-state index contributed by atoms with van der Waals surface area (Å²) in [5, 5.41) is 0. The van der Waals surface area contributed by atoms with Crippen molar-refractivity contribution < 1.29 is 14.3 Å². The Labute approximate surface area is 110 Å². The molecule has 0 aliphatic heterocycles. The van der Waals surface area contributed by atoms with Crippen molar-refractivity contribution >= 4 is 17.0 Å². The number of ether oxygens (including phenoxy) is 2. The van der Waals surface area contributed by atoms with Crippen molar-refractivity contribution in [2.45, 2.75) is 6.61 Å². The second-order valence-electron chi connectivity index (χ2n) is 3.59. The van der Waals surface area contributed by atoms with Gasteiger partial charge in [0.25, 0.3) is 0 Å². The lowest BCUT2D eigenvalue weighted by atomic mass is 10.2. The second kappa shape index (κ2) is 6.07. The van der Waals surface area contributed by atoms with Gasteiger partial charge in [0.2, 0.25) is 0 Å². The minimum atomic E-state index is -0.854. The van der Waals surface area contributed by atoms with Gasteiger partial charge in [-0.15, -0.1) is 0 Å². The molecular weight excluding hydrogens is 252 g/mol. The van der Waals surface area contributed by atoms with E-state index in [9.17, 15) is 4.79 Å². The lowest BCUT2D eigenvalue weighted by Gasteiger charge is -2.06. The number of carbonyl (C=O) groups is 1. The summed E-state index contributed by atoms with van der Waals surface area (Å²) in [6.45, 7) is 0.496. The maximum atomic E-state index is 10.5. The Morgan fingerprint density at radius 2 is 1.56 bits per heavy atom. The van der Waals surface area contributed by atoms with Crippen LogP contribution in [0.1, 0.15) is 5.56 Å². The topological polar surface area (TPSA) is 35.5 Å². The first-order valence-electron chi connectivity index (χ1n) is 5.38. The average molecular weight is 263 g/mol. The Balaban J connectivity index is 1.92. The van der Waals surface area contributed by atoms with Gasteiger partial charge in [-0.05, 0) is 29.8 Å². The van der Waals surface area contributed by atoms with E-state index < -0.39 is 5.43 Å². The van der Waals surface area contributed by atoms with Gasteiger partial charge >= 0.3 is 5.43 Å². The number of halogens is 1. The third-order valence-electron chi connectivity index (χ3n) is 2.27. The summed E-state index contributed by atoms with van der Waals surface area (Å²) in [5.41, 5.74) is 0.238. The first kappa shape index (κ1) is 12.5. The van der Waals surface area contributed by atoms with Gasteiger partial charge < -0.3 is 9.47 Å². The fraction of sp³-hybridized carbons (Fsp3) is 0.0714. The molecule has 0 bridgehead atoms. The Hall–Kier alpha value is -2.00. The first-order chi connectivity index (χ1) is 8.74. The molecule has 2 rings (SSSR count).